The lowest BCUT2D eigenvalue weighted by Crippen LogP contribution is -2.33. The Balaban J connectivity index is 1.52. The van der Waals surface area contributed by atoms with Gasteiger partial charge in [0.05, 0.1) is 6.21 Å². The predicted molar refractivity (Wildman–Crippen MR) is 118 cm³/mol. The Hall–Kier alpha value is -3.40. The van der Waals surface area contributed by atoms with Crippen LogP contribution in [0.1, 0.15) is 37.8 Å². The van der Waals surface area contributed by atoms with E-state index >= 15 is 0 Å². The van der Waals surface area contributed by atoms with Gasteiger partial charge >= 0.3 is 0 Å². The van der Waals surface area contributed by atoms with Crippen molar-refractivity contribution in [2.45, 2.75) is 32.8 Å². The average Bonchev–Trinajstić information content (AvgIpc) is 2.75. The summed E-state index contributed by atoms with van der Waals surface area (Å²) in [5.74, 6) is 0.827. The molecule has 0 spiro atoms. The van der Waals surface area contributed by atoms with Crippen molar-refractivity contribution in [1.82, 2.24) is 5.43 Å². The van der Waals surface area contributed by atoms with Crippen LogP contribution in [-0.4, -0.2) is 18.2 Å². The number of hydrazone groups is 1. The minimum Gasteiger partial charge on any atom is -0.481 e. The van der Waals surface area contributed by atoms with Crippen LogP contribution in [0.2, 0.25) is 0 Å². The standard InChI is InChI=1S/C25H26N2O2/c1-18(2)21-11-9-20(10-12-21)17-26-27-25(28)19(3)29-24-15-13-23(14-16-24)22-7-5-4-6-8-22/h4-19H,1-3H3,(H,27,28)/b26-17+. The molecular weight excluding hydrogens is 360 g/mol. The van der Waals surface area contributed by atoms with Gasteiger partial charge in [-0.05, 0) is 47.2 Å². The summed E-state index contributed by atoms with van der Waals surface area (Å²) in [6, 6.07) is 25.9. The molecular formula is C25H26N2O2. The van der Waals surface area contributed by atoms with Crippen molar-refractivity contribution in [3.8, 4) is 16.9 Å². The predicted octanol–water partition coefficient (Wildman–Crippen LogP) is 5.39. The second-order valence-electron chi connectivity index (χ2n) is 7.21. The lowest BCUT2D eigenvalue weighted by Gasteiger charge is -2.13. The van der Waals surface area contributed by atoms with Gasteiger partial charge in [-0.3, -0.25) is 4.79 Å². The Labute approximate surface area is 172 Å². The molecule has 0 saturated heterocycles. The summed E-state index contributed by atoms with van der Waals surface area (Å²) in [5.41, 5.74) is 6.97. The molecule has 1 amide bonds. The van der Waals surface area contributed by atoms with Gasteiger partial charge in [0.2, 0.25) is 0 Å². The van der Waals surface area contributed by atoms with Crippen LogP contribution >= 0.6 is 0 Å². The molecule has 1 unspecified atom stereocenters. The van der Waals surface area contributed by atoms with Crippen molar-refractivity contribution < 1.29 is 9.53 Å². The highest BCUT2D eigenvalue weighted by Gasteiger charge is 2.14. The van der Waals surface area contributed by atoms with E-state index in [9.17, 15) is 4.79 Å². The van der Waals surface area contributed by atoms with Crippen LogP contribution in [0.4, 0.5) is 0 Å². The Morgan fingerprint density at radius 1 is 0.862 bits per heavy atom. The molecule has 0 aromatic heterocycles. The molecule has 0 aliphatic heterocycles. The highest BCUT2D eigenvalue weighted by Crippen LogP contribution is 2.22. The molecule has 0 fully saturated rings. The molecule has 3 aromatic carbocycles. The summed E-state index contributed by atoms with van der Waals surface area (Å²) in [5, 5.41) is 4.03. The highest BCUT2D eigenvalue weighted by molar-refractivity contribution is 5.84. The van der Waals surface area contributed by atoms with E-state index in [1.165, 1.54) is 5.56 Å². The second kappa shape index (κ2) is 9.69. The second-order valence-corrected chi connectivity index (χ2v) is 7.21. The van der Waals surface area contributed by atoms with Crippen molar-refractivity contribution in [2.24, 2.45) is 5.10 Å². The number of benzene rings is 3. The maximum absolute atomic E-state index is 12.2. The molecule has 0 heterocycles. The summed E-state index contributed by atoms with van der Waals surface area (Å²) in [6.07, 6.45) is 0.974. The number of hydrogen-bond donors (Lipinski definition) is 1. The van der Waals surface area contributed by atoms with E-state index in [0.717, 1.165) is 16.7 Å². The third-order valence-electron chi connectivity index (χ3n) is 4.64. The van der Waals surface area contributed by atoms with Crippen LogP contribution in [0.15, 0.2) is 84.0 Å². The van der Waals surface area contributed by atoms with Crippen LogP contribution in [0.3, 0.4) is 0 Å². The first-order chi connectivity index (χ1) is 14.0. The summed E-state index contributed by atoms with van der Waals surface area (Å²) in [7, 11) is 0. The maximum atomic E-state index is 12.2. The van der Waals surface area contributed by atoms with E-state index in [1.54, 1.807) is 13.1 Å². The number of hydrogen-bond acceptors (Lipinski definition) is 3. The quantitative estimate of drug-likeness (QED) is 0.437. The monoisotopic (exact) mass is 386 g/mol. The molecule has 0 bridgehead atoms. The number of rotatable bonds is 7. The van der Waals surface area contributed by atoms with Gasteiger partial charge in [-0.1, -0.05) is 80.6 Å². The Morgan fingerprint density at radius 2 is 1.48 bits per heavy atom. The van der Waals surface area contributed by atoms with E-state index in [2.05, 4.69) is 48.6 Å². The normalized spacial score (nSPS) is 12.1. The summed E-state index contributed by atoms with van der Waals surface area (Å²) in [4.78, 5) is 12.2. The third-order valence-corrected chi connectivity index (χ3v) is 4.64. The first-order valence-corrected chi connectivity index (χ1v) is 9.78. The fourth-order valence-electron chi connectivity index (χ4n) is 2.84. The van der Waals surface area contributed by atoms with Crippen LogP contribution in [0, 0.1) is 0 Å². The SMILES string of the molecule is CC(Oc1ccc(-c2ccccc2)cc1)C(=O)N/N=C/c1ccc(C(C)C)cc1. The summed E-state index contributed by atoms with van der Waals surface area (Å²) in [6.45, 7) is 6.01. The van der Waals surface area contributed by atoms with E-state index in [-0.39, 0.29) is 5.91 Å². The van der Waals surface area contributed by atoms with Crippen molar-refractivity contribution >= 4 is 12.1 Å². The van der Waals surface area contributed by atoms with Gasteiger partial charge in [0.15, 0.2) is 6.10 Å². The fraction of sp³-hybridized carbons (Fsp3) is 0.200. The first-order valence-electron chi connectivity index (χ1n) is 9.78. The highest BCUT2D eigenvalue weighted by atomic mass is 16.5. The topological polar surface area (TPSA) is 50.7 Å². The van der Waals surface area contributed by atoms with Crippen molar-refractivity contribution in [3.63, 3.8) is 0 Å². The van der Waals surface area contributed by atoms with Crippen molar-refractivity contribution in [3.05, 3.63) is 90.0 Å². The molecule has 148 valence electrons. The smallest absolute Gasteiger partial charge is 0.280 e. The molecule has 1 N–H and O–H groups in total. The average molecular weight is 386 g/mol. The van der Waals surface area contributed by atoms with Gasteiger partial charge in [-0.15, -0.1) is 0 Å². The Kier molecular flexibility index (Phi) is 6.80. The minimum atomic E-state index is -0.655. The molecule has 0 saturated carbocycles. The van der Waals surface area contributed by atoms with Crippen LogP contribution in [-0.2, 0) is 4.79 Å². The Bertz CT molecular complexity index is 946. The van der Waals surface area contributed by atoms with Crippen LogP contribution in [0.25, 0.3) is 11.1 Å². The summed E-state index contributed by atoms with van der Waals surface area (Å²) < 4.78 is 5.73. The van der Waals surface area contributed by atoms with E-state index in [0.29, 0.717) is 11.7 Å². The molecule has 1 atom stereocenters. The molecule has 0 aliphatic carbocycles. The summed E-state index contributed by atoms with van der Waals surface area (Å²) >= 11 is 0. The third kappa shape index (κ3) is 5.79. The van der Waals surface area contributed by atoms with E-state index in [1.807, 2.05) is 54.6 Å². The number of nitrogens with zero attached hydrogens (tertiary/aromatic N) is 1. The number of ether oxygens (including phenoxy) is 1. The number of amides is 1. The number of nitrogens with one attached hydrogen (secondary N) is 1. The molecule has 4 heteroatoms. The fourth-order valence-corrected chi connectivity index (χ4v) is 2.84. The molecule has 3 aromatic rings. The van der Waals surface area contributed by atoms with E-state index in [4.69, 9.17) is 4.74 Å². The molecule has 0 aliphatic rings. The van der Waals surface area contributed by atoms with Gasteiger partial charge in [0, 0.05) is 0 Å². The Morgan fingerprint density at radius 3 is 2.10 bits per heavy atom. The first kappa shape index (κ1) is 20.3. The number of carbonyl (C=O) groups is 1. The molecule has 4 nitrogen and oxygen atoms in total. The van der Waals surface area contributed by atoms with Gasteiger partial charge in [-0.2, -0.15) is 5.10 Å². The lowest BCUT2D eigenvalue weighted by molar-refractivity contribution is -0.127. The largest absolute Gasteiger partial charge is 0.481 e. The van der Waals surface area contributed by atoms with Crippen LogP contribution < -0.4 is 10.2 Å². The zero-order valence-electron chi connectivity index (χ0n) is 17.0. The minimum absolute atomic E-state index is 0.299. The number of carbonyl (C=O) groups excluding carboxylic acids is 1. The maximum Gasteiger partial charge on any atom is 0.280 e. The lowest BCUT2D eigenvalue weighted by atomic mass is 10.0. The van der Waals surface area contributed by atoms with Gasteiger partial charge in [0.25, 0.3) is 5.91 Å². The van der Waals surface area contributed by atoms with Crippen LogP contribution in [0.5, 0.6) is 5.75 Å². The van der Waals surface area contributed by atoms with Crippen molar-refractivity contribution in [2.75, 3.05) is 0 Å². The van der Waals surface area contributed by atoms with Gasteiger partial charge in [0.1, 0.15) is 5.75 Å². The van der Waals surface area contributed by atoms with Gasteiger partial charge < -0.3 is 4.74 Å². The van der Waals surface area contributed by atoms with Gasteiger partial charge in [-0.25, -0.2) is 5.43 Å². The molecule has 29 heavy (non-hydrogen) atoms. The molecule has 3 rings (SSSR count). The molecule has 0 radical (unpaired) electrons. The van der Waals surface area contributed by atoms with E-state index < -0.39 is 6.10 Å². The van der Waals surface area contributed by atoms with Crippen molar-refractivity contribution in [1.29, 1.82) is 0 Å². The zero-order chi connectivity index (χ0) is 20.6. The zero-order valence-corrected chi connectivity index (χ0v) is 17.0.